The van der Waals surface area contributed by atoms with Gasteiger partial charge >= 0.3 is 0 Å². The van der Waals surface area contributed by atoms with E-state index in [0.717, 1.165) is 30.6 Å². The Labute approximate surface area is 83.5 Å². The lowest BCUT2D eigenvalue weighted by atomic mass is 10.0. The maximum atomic E-state index is 11.9. The van der Waals surface area contributed by atoms with Crippen molar-refractivity contribution in [2.24, 2.45) is 0 Å². The van der Waals surface area contributed by atoms with E-state index in [1.54, 1.807) is 0 Å². The zero-order chi connectivity index (χ0) is 10.1. The van der Waals surface area contributed by atoms with E-state index in [4.69, 9.17) is 5.73 Å². The van der Waals surface area contributed by atoms with Crippen LogP contribution in [-0.4, -0.2) is 23.9 Å². The van der Waals surface area contributed by atoms with E-state index in [9.17, 15) is 4.79 Å². The van der Waals surface area contributed by atoms with Crippen molar-refractivity contribution in [1.29, 1.82) is 0 Å². The Morgan fingerprint density at radius 1 is 1.43 bits per heavy atom. The molecule has 1 aliphatic rings. The molecule has 1 fully saturated rings. The van der Waals surface area contributed by atoms with Crippen molar-refractivity contribution in [3.8, 4) is 0 Å². The van der Waals surface area contributed by atoms with Gasteiger partial charge in [0.25, 0.3) is 5.91 Å². The summed E-state index contributed by atoms with van der Waals surface area (Å²) in [5.41, 5.74) is 8.07. The number of carbonyl (C=O) groups is 1. The minimum Gasteiger partial charge on any atom is -0.398 e. The highest BCUT2D eigenvalue weighted by atomic mass is 16.2. The molecular weight excluding hydrogens is 176 g/mol. The summed E-state index contributed by atoms with van der Waals surface area (Å²) in [5, 5.41) is 0. The van der Waals surface area contributed by atoms with E-state index < -0.39 is 0 Å². The standard InChI is InChI=1S/C11H14N2O/c1-8-9(4-2-5-10(8)12)11(14)13-6-3-7-13/h2,4-5H,3,6-7,12H2,1H3. The third kappa shape index (κ3) is 1.35. The summed E-state index contributed by atoms with van der Waals surface area (Å²) in [6.45, 7) is 3.66. The summed E-state index contributed by atoms with van der Waals surface area (Å²) in [4.78, 5) is 13.7. The average molecular weight is 190 g/mol. The van der Waals surface area contributed by atoms with E-state index in [1.165, 1.54) is 0 Å². The number of hydrogen-bond acceptors (Lipinski definition) is 2. The van der Waals surface area contributed by atoms with Crippen molar-refractivity contribution in [2.75, 3.05) is 18.8 Å². The number of nitrogens with zero attached hydrogens (tertiary/aromatic N) is 1. The van der Waals surface area contributed by atoms with Crippen molar-refractivity contribution >= 4 is 11.6 Å². The maximum Gasteiger partial charge on any atom is 0.254 e. The van der Waals surface area contributed by atoms with Gasteiger partial charge in [0.15, 0.2) is 0 Å². The summed E-state index contributed by atoms with van der Waals surface area (Å²) in [6.07, 6.45) is 1.12. The summed E-state index contributed by atoms with van der Waals surface area (Å²) in [7, 11) is 0. The van der Waals surface area contributed by atoms with Crippen LogP contribution in [0.1, 0.15) is 22.3 Å². The average Bonchev–Trinajstić information content (AvgIpc) is 2.06. The van der Waals surface area contributed by atoms with Crippen LogP contribution in [0.15, 0.2) is 18.2 Å². The quantitative estimate of drug-likeness (QED) is 0.681. The first kappa shape index (κ1) is 9.06. The Morgan fingerprint density at radius 3 is 2.71 bits per heavy atom. The number of amides is 1. The van der Waals surface area contributed by atoms with Crippen LogP contribution in [0.4, 0.5) is 5.69 Å². The number of nitrogens with two attached hydrogens (primary N) is 1. The van der Waals surface area contributed by atoms with Crippen LogP contribution < -0.4 is 5.73 Å². The molecule has 14 heavy (non-hydrogen) atoms. The van der Waals surface area contributed by atoms with Crippen molar-refractivity contribution in [3.63, 3.8) is 0 Å². The molecule has 0 unspecified atom stereocenters. The van der Waals surface area contributed by atoms with Crippen LogP contribution in [0.3, 0.4) is 0 Å². The van der Waals surface area contributed by atoms with E-state index in [2.05, 4.69) is 0 Å². The number of nitrogen functional groups attached to an aromatic ring is 1. The first-order chi connectivity index (χ1) is 6.70. The van der Waals surface area contributed by atoms with E-state index in [0.29, 0.717) is 5.69 Å². The molecule has 1 heterocycles. The highest BCUT2D eigenvalue weighted by molar-refractivity contribution is 5.97. The summed E-state index contributed by atoms with van der Waals surface area (Å²) in [5.74, 6) is 0.112. The Bertz CT molecular complexity index is 370. The van der Waals surface area contributed by atoms with Crippen molar-refractivity contribution in [2.45, 2.75) is 13.3 Å². The predicted octanol–water partition coefficient (Wildman–Crippen LogP) is 1.42. The van der Waals surface area contributed by atoms with Gasteiger partial charge in [-0.3, -0.25) is 4.79 Å². The van der Waals surface area contributed by atoms with Crippen LogP contribution >= 0.6 is 0 Å². The van der Waals surface area contributed by atoms with Crippen LogP contribution in [0.5, 0.6) is 0 Å². The minimum absolute atomic E-state index is 0.112. The van der Waals surface area contributed by atoms with Gasteiger partial charge in [-0.25, -0.2) is 0 Å². The second-order valence-corrected chi connectivity index (χ2v) is 3.67. The van der Waals surface area contributed by atoms with Crippen LogP contribution in [-0.2, 0) is 0 Å². The van der Waals surface area contributed by atoms with Crippen LogP contribution in [0, 0.1) is 6.92 Å². The summed E-state index contributed by atoms with van der Waals surface area (Å²) >= 11 is 0. The first-order valence-corrected chi connectivity index (χ1v) is 4.84. The van der Waals surface area contributed by atoms with E-state index >= 15 is 0 Å². The molecular formula is C11H14N2O. The molecule has 2 N–H and O–H groups in total. The van der Waals surface area contributed by atoms with Crippen LogP contribution in [0.25, 0.3) is 0 Å². The lowest BCUT2D eigenvalue weighted by Gasteiger charge is -2.31. The second kappa shape index (κ2) is 3.33. The molecule has 74 valence electrons. The number of rotatable bonds is 1. The Morgan fingerprint density at radius 2 is 2.14 bits per heavy atom. The highest BCUT2D eigenvalue weighted by Gasteiger charge is 2.22. The third-order valence-corrected chi connectivity index (χ3v) is 2.75. The predicted molar refractivity (Wildman–Crippen MR) is 56.1 cm³/mol. The molecule has 3 nitrogen and oxygen atoms in total. The number of anilines is 1. The monoisotopic (exact) mass is 190 g/mol. The first-order valence-electron chi connectivity index (χ1n) is 4.84. The van der Waals surface area contributed by atoms with Gasteiger partial charge in [-0.1, -0.05) is 6.07 Å². The SMILES string of the molecule is Cc1c(N)cccc1C(=O)N1CCC1. The molecule has 1 aromatic rings. The Hall–Kier alpha value is -1.51. The molecule has 1 aliphatic heterocycles. The van der Waals surface area contributed by atoms with Gasteiger partial charge in [0.2, 0.25) is 0 Å². The molecule has 1 aromatic carbocycles. The lowest BCUT2D eigenvalue weighted by Crippen LogP contribution is -2.42. The minimum atomic E-state index is 0.112. The van der Waals surface area contributed by atoms with Gasteiger partial charge in [0.1, 0.15) is 0 Å². The van der Waals surface area contributed by atoms with Gasteiger partial charge < -0.3 is 10.6 Å². The number of likely N-dealkylation sites (tertiary alicyclic amines) is 1. The highest BCUT2D eigenvalue weighted by Crippen LogP contribution is 2.19. The van der Waals surface area contributed by atoms with Crippen molar-refractivity contribution in [1.82, 2.24) is 4.90 Å². The lowest BCUT2D eigenvalue weighted by molar-refractivity contribution is 0.0651. The molecule has 0 bridgehead atoms. The number of carbonyl (C=O) groups excluding carboxylic acids is 1. The molecule has 3 heteroatoms. The molecule has 0 aromatic heterocycles. The third-order valence-electron chi connectivity index (χ3n) is 2.75. The second-order valence-electron chi connectivity index (χ2n) is 3.67. The molecule has 1 saturated heterocycles. The Balaban J connectivity index is 2.31. The molecule has 0 spiro atoms. The molecule has 1 amide bonds. The van der Waals surface area contributed by atoms with Crippen molar-refractivity contribution in [3.05, 3.63) is 29.3 Å². The molecule has 0 saturated carbocycles. The fourth-order valence-electron chi connectivity index (χ4n) is 1.57. The molecule has 0 atom stereocenters. The van der Waals surface area contributed by atoms with Gasteiger partial charge in [0.05, 0.1) is 0 Å². The van der Waals surface area contributed by atoms with E-state index in [1.807, 2.05) is 30.0 Å². The smallest absolute Gasteiger partial charge is 0.254 e. The van der Waals surface area contributed by atoms with Gasteiger partial charge in [-0.15, -0.1) is 0 Å². The van der Waals surface area contributed by atoms with Crippen molar-refractivity contribution < 1.29 is 4.79 Å². The summed E-state index contributed by atoms with van der Waals surface area (Å²) in [6, 6.07) is 5.49. The fraction of sp³-hybridized carbons (Fsp3) is 0.364. The van der Waals surface area contributed by atoms with Crippen LogP contribution in [0.2, 0.25) is 0 Å². The number of hydrogen-bond donors (Lipinski definition) is 1. The zero-order valence-corrected chi connectivity index (χ0v) is 8.29. The van der Waals surface area contributed by atoms with E-state index in [-0.39, 0.29) is 5.91 Å². The zero-order valence-electron chi connectivity index (χ0n) is 8.29. The molecule has 0 radical (unpaired) electrons. The number of benzene rings is 1. The fourth-order valence-corrected chi connectivity index (χ4v) is 1.57. The Kier molecular flexibility index (Phi) is 2.15. The largest absolute Gasteiger partial charge is 0.398 e. The maximum absolute atomic E-state index is 11.9. The van der Waals surface area contributed by atoms with Gasteiger partial charge in [-0.2, -0.15) is 0 Å². The summed E-state index contributed by atoms with van der Waals surface area (Å²) < 4.78 is 0. The molecule has 2 rings (SSSR count). The normalized spacial score (nSPS) is 15.1. The van der Waals surface area contributed by atoms with Gasteiger partial charge in [-0.05, 0) is 31.0 Å². The topological polar surface area (TPSA) is 46.3 Å². The molecule has 0 aliphatic carbocycles. The van der Waals surface area contributed by atoms with Gasteiger partial charge in [0, 0.05) is 24.3 Å².